The number of hydrogen-bond acceptors (Lipinski definition) is 5. The summed E-state index contributed by atoms with van der Waals surface area (Å²) >= 11 is 10.5. The molecule has 3 heterocycles. The van der Waals surface area contributed by atoms with E-state index < -0.39 is 16.4 Å². The Morgan fingerprint density at radius 2 is 2.08 bits per heavy atom. The number of benzene rings is 1. The van der Waals surface area contributed by atoms with Crippen LogP contribution in [0.4, 0.5) is 4.79 Å². The fourth-order valence-corrected chi connectivity index (χ4v) is 7.75. The molecule has 1 amide bonds. The Bertz CT molecular complexity index is 1110. The Hall–Kier alpha value is -1.16. The van der Waals surface area contributed by atoms with Crippen LogP contribution >= 0.6 is 27.5 Å². The number of ether oxygens (including phenoxy) is 2. The van der Waals surface area contributed by atoms with E-state index in [1.807, 2.05) is 37.7 Å². The largest absolute Gasteiger partial charge is 0.444 e. The van der Waals surface area contributed by atoms with E-state index in [1.54, 1.807) is 4.90 Å². The molecule has 0 bridgehead atoms. The summed E-state index contributed by atoms with van der Waals surface area (Å²) < 4.78 is 27.2. The lowest BCUT2D eigenvalue weighted by molar-refractivity contribution is -0.0366. The average Bonchev–Trinajstić information content (AvgIpc) is 3.27. The number of carbonyl (C=O) groups excluding carboxylic acids is 1. The van der Waals surface area contributed by atoms with Crippen LogP contribution < -0.4 is 0 Å². The number of fused-ring (bicyclic) bond motifs is 1. The molecular weight excluding hydrogens is 578 g/mol. The molecule has 206 valence electrons. The van der Waals surface area contributed by atoms with E-state index in [0.29, 0.717) is 24.6 Å². The molecule has 2 aliphatic rings. The SMILES string of the molecule is CC(C)(C)OC(=O)N1CCC[C@@H](CS(=O)CCCCc2c(Cl)cc3c(cnn3C3CCCCO3)c2Br)C1. The van der Waals surface area contributed by atoms with Gasteiger partial charge in [0, 0.05) is 56.9 Å². The van der Waals surface area contributed by atoms with Gasteiger partial charge in [-0.2, -0.15) is 5.10 Å². The number of likely N-dealkylation sites (tertiary alicyclic amines) is 1. The number of halogens is 2. The average molecular weight is 617 g/mol. The lowest BCUT2D eigenvalue weighted by Crippen LogP contribution is -2.44. The first-order valence-electron chi connectivity index (χ1n) is 13.4. The first-order valence-corrected chi connectivity index (χ1v) is 16.1. The zero-order chi connectivity index (χ0) is 26.6. The number of rotatable bonds is 8. The summed E-state index contributed by atoms with van der Waals surface area (Å²) in [4.78, 5) is 14.2. The van der Waals surface area contributed by atoms with E-state index in [2.05, 4.69) is 21.0 Å². The van der Waals surface area contributed by atoms with Crippen molar-refractivity contribution in [3.8, 4) is 0 Å². The molecule has 2 fully saturated rings. The summed E-state index contributed by atoms with van der Waals surface area (Å²) in [6.45, 7) is 7.75. The van der Waals surface area contributed by atoms with Crippen LogP contribution in [-0.2, 0) is 26.7 Å². The quantitative estimate of drug-likeness (QED) is 0.303. The minimum absolute atomic E-state index is 0.0320. The van der Waals surface area contributed by atoms with Gasteiger partial charge >= 0.3 is 6.09 Å². The zero-order valence-corrected chi connectivity index (χ0v) is 25.3. The van der Waals surface area contributed by atoms with Crippen LogP contribution in [0.3, 0.4) is 0 Å². The maximum absolute atomic E-state index is 12.8. The van der Waals surface area contributed by atoms with E-state index in [1.165, 1.54) is 0 Å². The van der Waals surface area contributed by atoms with Crippen molar-refractivity contribution < 1.29 is 18.5 Å². The predicted octanol–water partition coefficient (Wildman–Crippen LogP) is 6.87. The maximum Gasteiger partial charge on any atom is 0.410 e. The van der Waals surface area contributed by atoms with Crippen LogP contribution in [0, 0.1) is 5.92 Å². The van der Waals surface area contributed by atoms with Crippen LogP contribution in [0.25, 0.3) is 10.9 Å². The molecule has 2 aromatic rings. The van der Waals surface area contributed by atoms with Crippen molar-refractivity contribution in [2.75, 3.05) is 31.2 Å². The molecule has 1 aromatic heterocycles. The maximum atomic E-state index is 12.8. The Morgan fingerprint density at radius 3 is 2.81 bits per heavy atom. The van der Waals surface area contributed by atoms with Crippen molar-refractivity contribution in [1.82, 2.24) is 14.7 Å². The smallest absolute Gasteiger partial charge is 0.410 e. The molecule has 1 aromatic carbocycles. The van der Waals surface area contributed by atoms with Crippen LogP contribution in [-0.4, -0.2) is 61.8 Å². The van der Waals surface area contributed by atoms with Crippen molar-refractivity contribution in [1.29, 1.82) is 0 Å². The highest BCUT2D eigenvalue weighted by molar-refractivity contribution is 9.10. The summed E-state index contributed by atoms with van der Waals surface area (Å²) in [5, 5.41) is 6.37. The molecule has 7 nitrogen and oxygen atoms in total. The first-order chi connectivity index (χ1) is 17.6. The molecule has 0 saturated carbocycles. The van der Waals surface area contributed by atoms with Crippen LogP contribution in [0.5, 0.6) is 0 Å². The summed E-state index contributed by atoms with van der Waals surface area (Å²) in [6, 6.07) is 2.00. The second-order valence-electron chi connectivity index (χ2n) is 11.2. The molecule has 10 heteroatoms. The Kier molecular flexibility index (Phi) is 9.97. The van der Waals surface area contributed by atoms with Crippen molar-refractivity contribution >= 4 is 55.3 Å². The Morgan fingerprint density at radius 1 is 1.27 bits per heavy atom. The Balaban J connectivity index is 1.26. The standard InChI is InChI=1S/C27H39BrClN3O4S/c1-27(2,3)36-26(33)31-12-8-9-19(17-31)18-37(34)14-7-5-10-20-22(29)15-23-21(25(20)28)16-30-32(23)24-11-4-6-13-35-24/h15-16,19,24H,4-14,17-18H2,1-3H3/t19-,24?,37?/m1/s1. The molecule has 0 radical (unpaired) electrons. The molecule has 2 unspecified atom stereocenters. The van der Waals surface area contributed by atoms with Crippen molar-refractivity contribution in [2.24, 2.45) is 5.92 Å². The van der Waals surface area contributed by atoms with Crippen LogP contribution in [0.15, 0.2) is 16.7 Å². The van der Waals surface area contributed by atoms with E-state index >= 15 is 0 Å². The highest BCUT2D eigenvalue weighted by Gasteiger charge is 2.28. The lowest BCUT2D eigenvalue weighted by atomic mass is 10.0. The minimum Gasteiger partial charge on any atom is -0.444 e. The van der Waals surface area contributed by atoms with E-state index in [-0.39, 0.29) is 18.2 Å². The summed E-state index contributed by atoms with van der Waals surface area (Å²) in [5.41, 5.74) is 1.56. The van der Waals surface area contributed by atoms with Crippen molar-refractivity contribution in [3.63, 3.8) is 0 Å². The van der Waals surface area contributed by atoms with Gasteiger partial charge in [0.1, 0.15) is 5.60 Å². The number of aromatic nitrogens is 2. The second kappa shape index (κ2) is 12.8. The molecule has 2 saturated heterocycles. The zero-order valence-electron chi connectivity index (χ0n) is 22.1. The monoisotopic (exact) mass is 615 g/mol. The summed E-state index contributed by atoms with van der Waals surface area (Å²) in [5.74, 6) is 1.56. The number of unbranched alkanes of at least 4 members (excludes halogenated alkanes) is 1. The third-order valence-electron chi connectivity index (χ3n) is 6.96. The van der Waals surface area contributed by atoms with Gasteiger partial charge in [-0.1, -0.05) is 11.6 Å². The molecule has 0 aliphatic carbocycles. The van der Waals surface area contributed by atoms with Gasteiger partial charge in [-0.05, 0) is 106 Å². The number of piperidine rings is 1. The first kappa shape index (κ1) is 28.8. The molecular formula is C27H39BrClN3O4S. The van der Waals surface area contributed by atoms with Gasteiger partial charge < -0.3 is 14.4 Å². The van der Waals surface area contributed by atoms with Gasteiger partial charge in [0.05, 0.1) is 11.7 Å². The summed E-state index contributed by atoms with van der Waals surface area (Å²) in [6.07, 6.45) is 9.32. The van der Waals surface area contributed by atoms with Crippen LogP contribution in [0.2, 0.25) is 5.02 Å². The number of hydrogen-bond donors (Lipinski definition) is 0. The van der Waals surface area contributed by atoms with Gasteiger partial charge in [-0.3, -0.25) is 4.21 Å². The third-order valence-corrected chi connectivity index (χ3v) is 9.79. The molecule has 3 atom stereocenters. The van der Waals surface area contributed by atoms with Gasteiger partial charge in [-0.25, -0.2) is 9.48 Å². The summed E-state index contributed by atoms with van der Waals surface area (Å²) in [7, 11) is -0.906. The van der Waals surface area contributed by atoms with Crippen molar-refractivity contribution in [3.05, 3.63) is 27.3 Å². The fraction of sp³-hybridized carbons (Fsp3) is 0.704. The van der Waals surface area contributed by atoms with Crippen molar-refractivity contribution in [2.45, 2.75) is 84.0 Å². The van der Waals surface area contributed by atoms with Gasteiger partial charge in [0.2, 0.25) is 0 Å². The lowest BCUT2D eigenvalue weighted by Gasteiger charge is -2.34. The topological polar surface area (TPSA) is 73.7 Å². The normalized spacial score (nSPS) is 21.8. The number of amides is 1. The number of nitrogens with zero attached hydrogens (tertiary/aromatic N) is 3. The molecule has 0 N–H and O–H groups in total. The van der Waals surface area contributed by atoms with E-state index in [0.717, 1.165) is 83.9 Å². The molecule has 37 heavy (non-hydrogen) atoms. The molecule has 2 aliphatic heterocycles. The number of carbonyl (C=O) groups is 1. The minimum atomic E-state index is -0.906. The van der Waals surface area contributed by atoms with E-state index in [9.17, 15) is 9.00 Å². The molecule has 0 spiro atoms. The van der Waals surface area contributed by atoms with Gasteiger partial charge in [0.25, 0.3) is 0 Å². The highest BCUT2D eigenvalue weighted by atomic mass is 79.9. The van der Waals surface area contributed by atoms with Gasteiger partial charge in [0.15, 0.2) is 6.23 Å². The Labute approximate surface area is 236 Å². The van der Waals surface area contributed by atoms with Gasteiger partial charge in [-0.15, -0.1) is 0 Å². The predicted molar refractivity (Wildman–Crippen MR) is 153 cm³/mol. The fourth-order valence-electron chi connectivity index (χ4n) is 5.14. The van der Waals surface area contributed by atoms with E-state index in [4.69, 9.17) is 21.1 Å². The van der Waals surface area contributed by atoms with Crippen LogP contribution in [0.1, 0.15) is 77.5 Å². The third kappa shape index (κ3) is 7.70. The highest BCUT2D eigenvalue weighted by Crippen LogP contribution is 2.36. The second-order valence-corrected chi connectivity index (χ2v) is 14.0. The molecule has 4 rings (SSSR count).